The maximum Gasteiger partial charge on any atom is 0.0659 e. The molecule has 66 valence electrons. The zero-order valence-electron chi connectivity index (χ0n) is 7.02. The van der Waals surface area contributed by atoms with Crippen LogP contribution >= 0.6 is 15.9 Å². The first kappa shape index (κ1) is 8.51. The van der Waals surface area contributed by atoms with E-state index >= 15 is 0 Å². The first-order chi connectivity index (χ1) is 6.34. The van der Waals surface area contributed by atoms with Gasteiger partial charge in [-0.05, 0) is 23.8 Å². The fourth-order valence-electron chi connectivity index (χ4n) is 1.17. The smallest absolute Gasteiger partial charge is 0.0659 e. The molecule has 1 aromatic carbocycles. The highest BCUT2D eigenvalue weighted by Crippen LogP contribution is 2.10. The highest BCUT2D eigenvalue weighted by molar-refractivity contribution is 9.10. The van der Waals surface area contributed by atoms with Crippen LogP contribution in [0.1, 0.15) is 5.56 Å². The molecular formula is C10H9BrN2. The van der Waals surface area contributed by atoms with Crippen molar-refractivity contribution in [3.05, 3.63) is 52.8 Å². The molecule has 0 spiro atoms. The molecule has 2 aromatic rings. The van der Waals surface area contributed by atoms with Crippen LogP contribution in [0.2, 0.25) is 0 Å². The van der Waals surface area contributed by atoms with E-state index in [1.807, 2.05) is 29.1 Å². The number of aromatic nitrogens is 2. The minimum Gasteiger partial charge on any atom is -0.268 e. The molecule has 0 fully saturated rings. The molecule has 0 N–H and O–H groups in total. The lowest BCUT2D eigenvalue weighted by Crippen LogP contribution is -1.98. The van der Waals surface area contributed by atoms with Gasteiger partial charge in [-0.15, -0.1) is 0 Å². The molecule has 0 saturated heterocycles. The van der Waals surface area contributed by atoms with Gasteiger partial charge in [-0.2, -0.15) is 5.10 Å². The molecule has 0 atom stereocenters. The summed E-state index contributed by atoms with van der Waals surface area (Å²) in [6.07, 6.45) is 3.75. The van der Waals surface area contributed by atoms with Crippen molar-refractivity contribution in [2.75, 3.05) is 0 Å². The third kappa shape index (κ3) is 2.18. The van der Waals surface area contributed by atoms with Crippen LogP contribution in [-0.2, 0) is 6.54 Å². The van der Waals surface area contributed by atoms with Gasteiger partial charge in [0.25, 0.3) is 0 Å². The van der Waals surface area contributed by atoms with Gasteiger partial charge in [-0.1, -0.05) is 28.1 Å². The highest BCUT2D eigenvalue weighted by atomic mass is 79.9. The zero-order chi connectivity index (χ0) is 9.10. The van der Waals surface area contributed by atoms with Gasteiger partial charge in [0.2, 0.25) is 0 Å². The molecule has 0 amide bonds. The Kier molecular flexibility index (Phi) is 2.45. The quantitative estimate of drug-likeness (QED) is 0.785. The first-order valence-corrected chi connectivity index (χ1v) is 4.86. The summed E-state index contributed by atoms with van der Waals surface area (Å²) in [4.78, 5) is 0. The second-order valence-electron chi connectivity index (χ2n) is 2.83. The third-order valence-corrected chi connectivity index (χ3v) is 2.35. The minimum absolute atomic E-state index is 0.834. The molecular weight excluding hydrogens is 228 g/mol. The lowest BCUT2D eigenvalue weighted by atomic mass is 10.2. The second-order valence-corrected chi connectivity index (χ2v) is 3.75. The van der Waals surface area contributed by atoms with Crippen LogP contribution in [0.4, 0.5) is 0 Å². The maximum absolute atomic E-state index is 4.14. The molecule has 0 radical (unpaired) electrons. The Balaban J connectivity index is 2.15. The van der Waals surface area contributed by atoms with E-state index in [-0.39, 0.29) is 0 Å². The van der Waals surface area contributed by atoms with Gasteiger partial charge in [-0.3, -0.25) is 4.68 Å². The van der Waals surface area contributed by atoms with Crippen molar-refractivity contribution in [2.45, 2.75) is 6.54 Å². The summed E-state index contributed by atoms with van der Waals surface area (Å²) in [5.41, 5.74) is 1.26. The van der Waals surface area contributed by atoms with E-state index in [4.69, 9.17) is 0 Å². The van der Waals surface area contributed by atoms with Crippen LogP contribution in [-0.4, -0.2) is 9.78 Å². The van der Waals surface area contributed by atoms with E-state index in [1.165, 1.54) is 5.56 Å². The molecule has 0 aliphatic carbocycles. The Bertz CT molecular complexity index is 364. The van der Waals surface area contributed by atoms with Crippen LogP contribution in [0.15, 0.2) is 47.2 Å². The predicted octanol–water partition coefficient (Wildman–Crippen LogP) is 2.69. The van der Waals surface area contributed by atoms with Crippen molar-refractivity contribution in [3.63, 3.8) is 0 Å². The predicted molar refractivity (Wildman–Crippen MR) is 55.5 cm³/mol. The number of benzene rings is 1. The van der Waals surface area contributed by atoms with E-state index in [2.05, 4.69) is 33.2 Å². The Hall–Kier alpha value is -1.09. The van der Waals surface area contributed by atoms with Crippen molar-refractivity contribution in [2.24, 2.45) is 0 Å². The Morgan fingerprint density at radius 1 is 1.23 bits per heavy atom. The van der Waals surface area contributed by atoms with Crippen molar-refractivity contribution in [1.82, 2.24) is 9.78 Å². The van der Waals surface area contributed by atoms with Crippen molar-refractivity contribution >= 4 is 15.9 Å². The highest BCUT2D eigenvalue weighted by Gasteiger charge is 1.93. The third-order valence-electron chi connectivity index (χ3n) is 1.82. The molecule has 1 aromatic heterocycles. The van der Waals surface area contributed by atoms with Crippen molar-refractivity contribution in [1.29, 1.82) is 0 Å². The summed E-state index contributed by atoms with van der Waals surface area (Å²) in [6, 6.07) is 10.2. The number of halogens is 1. The Morgan fingerprint density at radius 3 is 2.62 bits per heavy atom. The van der Waals surface area contributed by atoms with E-state index in [0.29, 0.717) is 0 Å². The number of nitrogens with zero attached hydrogens (tertiary/aromatic N) is 2. The van der Waals surface area contributed by atoms with E-state index < -0.39 is 0 Å². The van der Waals surface area contributed by atoms with Gasteiger partial charge in [0.05, 0.1) is 6.54 Å². The monoisotopic (exact) mass is 236 g/mol. The molecule has 0 saturated carbocycles. The molecule has 0 unspecified atom stereocenters. The molecule has 1 heterocycles. The largest absolute Gasteiger partial charge is 0.268 e. The molecule has 2 rings (SSSR count). The van der Waals surface area contributed by atoms with Gasteiger partial charge in [0, 0.05) is 16.9 Å². The van der Waals surface area contributed by atoms with Crippen LogP contribution in [0, 0.1) is 0 Å². The normalized spacial score (nSPS) is 10.2. The van der Waals surface area contributed by atoms with Gasteiger partial charge in [-0.25, -0.2) is 0 Å². The topological polar surface area (TPSA) is 17.8 Å². The summed E-state index contributed by atoms with van der Waals surface area (Å²) in [6.45, 7) is 0.834. The Morgan fingerprint density at radius 2 is 2.00 bits per heavy atom. The number of rotatable bonds is 2. The van der Waals surface area contributed by atoms with Crippen molar-refractivity contribution < 1.29 is 0 Å². The summed E-state index contributed by atoms with van der Waals surface area (Å²) in [7, 11) is 0. The molecule has 0 bridgehead atoms. The SMILES string of the molecule is Brc1ccc(Cn2cccn2)cc1. The van der Waals surface area contributed by atoms with E-state index in [1.54, 1.807) is 6.20 Å². The molecule has 0 aliphatic heterocycles. The van der Waals surface area contributed by atoms with E-state index in [9.17, 15) is 0 Å². The zero-order valence-corrected chi connectivity index (χ0v) is 8.61. The molecule has 0 aliphatic rings. The fourth-order valence-corrected chi connectivity index (χ4v) is 1.44. The summed E-state index contributed by atoms with van der Waals surface area (Å²) in [5, 5.41) is 4.14. The average Bonchev–Trinajstić information content (AvgIpc) is 2.62. The standard InChI is InChI=1S/C10H9BrN2/c11-10-4-2-9(3-5-10)8-13-7-1-6-12-13/h1-7H,8H2. The van der Waals surface area contributed by atoms with Crippen molar-refractivity contribution in [3.8, 4) is 0 Å². The summed E-state index contributed by atoms with van der Waals surface area (Å²) >= 11 is 3.40. The second kappa shape index (κ2) is 3.75. The lowest BCUT2D eigenvalue weighted by molar-refractivity contribution is 0.687. The van der Waals surface area contributed by atoms with Crippen LogP contribution < -0.4 is 0 Å². The van der Waals surface area contributed by atoms with Gasteiger partial charge < -0.3 is 0 Å². The fraction of sp³-hybridized carbons (Fsp3) is 0.100. The average molecular weight is 237 g/mol. The van der Waals surface area contributed by atoms with Crippen LogP contribution in [0.5, 0.6) is 0 Å². The molecule has 2 nitrogen and oxygen atoms in total. The maximum atomic E-state index is 4.14. The van der Waals surface area contributed by atoms with Gasteiger partial charge in [0.15, 0.2) is 0 Å². The number of hydrogen-bond donors (Lipinski definition) is 0. The summed E-state index contributed by atoms with van der Waals surface area (Å²) < 4.78 is 3.01. The Labute approximate surface area is 85.3 Å². The van der Waals surface area contributed by atoms with E-state index in [0.717, 1.165) is 11.0 Å². The number of hydrogen-bond acceptors (Lipinski definition) is 1. The first-order valence-electron chi connectivity index (χ1n) is 4.06. The minimum atomic E-state index is 0.834. The van der Waals surface area contributed by atoms with Gasteiger partial charge >= 0.3 is 0 Å². The molecule has 3 heteroatoms. The van der Waals surface area contributed by atoms with Crippen LogP contribution in [0.25, 0.3) is 0 Å². The van der Waals surface area contributed by atoms with Gasteiger partial charge in [0.1, 0.15) is 0 Å². The summed E-state index contributed by atoms with van der Waals surface area (Å²) in [5.74, 6) is 0. The van der Waals surface area contributed by atoms with Crippen LogP contribution in [0.3, 0.4) is 0 Å². The molecule has 13 heavy (non-hydrogen) atoms. The lowest BCUT2D eigenvalue weighted by Gasteiger charge is -2.01.